The average molecular weight is 311 g/mol. The van der Waals surface area contributed by atoms with Gasteiger partial charge in [0.25, 0.3) is 5.91 Å². The van der Waals surface area contributed by atoms with Crippen molar-refractivity contribution in [2.45, 2.75) is 0 Å². The first kappa shape index (κ1) is 14.3. The maximum atomic E-state index is 12.6. The molecular formula is C14H15ClN2O4. The highest BCUT2D eigenvalue weighted by atomic mass is 35.5. The molecule has 0 saturated carbocycles. The van der Waals surface area contributed by atoms with E-state index >= 15 is 0 Å². The molecule has 2 atom stereocenters. The van der Waals surface area contributed by atoms with Crippen LogP contribution in [-0.4, -0.2) is 55.2 Å². The van der Waals surface area contributed by atoms with Crippen LogP contribution < -0.4 is 0 Å². The fourth-order valence-corrected chi connectivity index (χ4v) is 3.30. The first-order valence-corrected chi connectivity index (χ1v) is 7.01. The van der Waals surface area contributed by atoms with Crippen molar-refractivity contribution in [1.82, 2.24) is 9.88 Å². The predicted octanol–water partition coefficient (Wildman–Crippen LogP) is 0.997. The van der Waals surface area contributed by atoms with Crippen LogP contribution in [0, 0.1) is 11.3 Å². The Morgan fingerprint density at radius 2 is 2.38 bits per heavy atom. The zero-order valence-electron chi connectivity index (χ0n) is 11.5. The van der Waals surface area contributed by atoms with Gasteiger partial charge in [-0.15, -0.1) is 0 Å². The van der Waals surface area contributed by atoms with Crippen molar-refractivity contribution in [1.29, 1.82) is 0 Å². The number of halogens is 1. The Labute approximate surface area is 127 Å². The van der Waals surface area contributed by atoms with Gasteiger partial charge >= 0.3 is 5.97 Å². The highest BCUT2D eigenvalue weighted by Gasteiger charge is 2.57. The molecule has 0 aromatic carbocycles. The molecule has 0 unspecified atom stereocenters. The quantitative estimate of drug-likeness (QED) is 0.762. The molecule has 1 aromatic rings. The Hall–Kier alpha value is -1.66. The normalized spacial score (nSPS) is 27.5. The number of hydrogen-bond acceptors (Lipinski definition) is 5. The Balaban J connectivity index is 1.85. The molecule has 3 rings (SSSR count). The van der Waals surface area contributed by atoms with Crippen LogP contribution in [0.4, 0.5) is 0 Å². The van der Waals surface area contributed by atoms with Crippen molar-refractivity contribution in [3.8, 4) is 0 Å². The molecule has 21 heavy (non-hydrogen) atoms. The standard InChI is InChI=1S/C14H15ClN2O4/c1-20-13(19)14-7-17(5-9(14)6-21-8-14)12(18)10-2-3-16-4-11(10)15/h2-4,9H,5-8H2,1H3/t9-,14-/m0/s1. The highest BCUT2D eigenvalue weighted by Crippen LogP contribution is 2.42. The van der Waals surface area contributed by atoms with Crippen LogP contribution in [0.25, 0.3) is 0 Å². The van der Waals surface area contributed by atoms with Crippen LogP contribution in [0.15, 0.2) is 18.5 Å². The monoisotopic (exact) mass is 310 g/mol. The molecule has 7 heteroatoms. The van der Waals surface area contributed by atoms with Gasteiger partial charge in [-0.25, -0.2) is 0 Å². The molecule has 1 aromatic heterocycles. The summed E-state index contributed by atoms with van der Waals surface area (Å²) in [5.74, 6) is -0.546. The van der Waals surface area contributed by atoms with Crippen molar-refractivity contribution < 1.29 is 19.1 Å². The van der Waals surface area contributed by atoms with Gasteiger partial charge in [-0.1, -0.05) is 11.6 Å². The Kier molecular flexibility index (Phi) is 3.59. The maximum Gasteiger partial charge on any atom is 0.316 e. The summed E-state index contributed by atoms with van der Waals surface area (Å²) in [6.07, 6.45) is 2.96. The molecule has 2 aliphatic rings. The Morgan fingerprint density at radius 1 is 1.57 bits per heavy atom. The first-order chi connectivity index (χ1) is 10.1. The lowest BCUT2D eigenvalue weighted by molar-refractivity contribution is -0.153. The van der Waals surface area contributed by atoms with Crippen molar-refractivity contribution in [3.05, 3.63) is 29.0 Å². The largest absolute Gasteiger partial charge is 0.468 e. The SMILES string of the molecule is COC(=O)[C@@]12COC[C@@H]1CN(C(=O)c1ccncc1Cl)C2. The lowest BCUT2D eigenvalue weighted by atomic mass is 9.81. The fraction of sp³-hybridized carbons (Fsp3) is 0.500. The molecule has 2 aliphatic heterocycles. The number of carbonyl (C=O) groups is 2. The number of rotatable bonds is 2. The van der Waals surface area contributed by atoms with Crippen LogP contribution >= 0.6 is 11.6 Å². The van der Waals surface area contributed by atoms with Crippen molar-refractivity contribution in [2.75, 3.05) is 33.4 Å². The van der Waals surface area contributed by atoms with E-state index in [4.69, 9.17) is 21.1 Å². The molecule has 3 heterocycles. The van der Waals surface area contributed by atoms with E-state index in [9.17, 15) is 9.59 Å². The van der Waals surface area contributed by atoms with Crippen LogP contribution in [0.1, 0.15) is 10.4 Å². The Morgan fingerprint density at radius 3 is 3.10 bits per heavy atom. The van der Waals surface area contributed by atoms with Gasteiger partial charge in [0.05, 0.1) is 30.9 Å². The van der Waals surface area contributed by atoms with Gasteiger partial charge in [-0.3, -0.25) is 14.6 Å². The molecule has 0 spiro atoms. The third-order valence-corrected chi connectivity index (χ3v) is 4.56. The third kappa shape index (κ3) is 2.18. The minimum Gasteiger partial charge on any atom is -0.468 e. The summed E-state index contributed by atoms with van der Waals surface area (Å²) in [5.41, 5.74) is -0.350. The second kappa shape index (κ2) is 5.27. The van der Waals surface area contributed by atoms with E-state index in [0.29, 0.717) is 30.3 Å². The number of fused-ring (bicyclic) bond motifs is 1. The summed E-state index contributed by atoms with van der Waals surface area (Å²) in [5, 5.41) is 0.308. The minimum absolute atomic E-state index is 0.0329. The van der Waals surface area contributed by atoms with Crippen molar-refractivity contribution in [2.24, 2.45) is 11.3 Å². The first-order valence-electron chi connectivity index (χ1n) is 6.63. The summed E-state index contributed by atoms with van der Waals surface area (Å²) in [7, 11) is 1.36. The zero-order valence-corrected chi connectivity index (χ0v) is 12.3. The molecule has 112 valence electrons. The molecule has 0 bridgehead atoms. The highest BCUT2D eigenvalue weighted by molar-refractivity contribution is 6.33. The molecule has 0 aliphatic carbocycles. The van der Waals surface area contributed by atoms with Gasteiger partial charge < -0.3 is 14.4 Å². The fourth-order valence-electron chi connectivity index (χ4n) is 3.10. The summed E-state index contributed by atoms with van der Waals surface area (Å²) in [4.78, 5) is 30.2. The smallest absolute Gasteiger partial charge is 0.316 e. The second-order valence-corrected chi connectivity index (χ2v) is 5.81. The number of hydrogen-bond donors (Lipinski definition) is 0. The molecule has 2 fully saturated rings. The van der Waals surface area contributed by atoms with E-state index in [0.717, 1.165) is 0 Å². The van der Waals surface area contributed by atoms with E-state index < -0.39 is 5.41 Å². The van der Waals surface area contributed by atoms with Crippen LogP contribution in [-0.2, 0) is 14.3 Å². The number of amides is 1. The summed E-state index contributed by atoms with van der Waals surface area (Å²) in [6, 6.07) is 1.58. The molecule has 1 amide bonds. The van der Waals surface area contributed by atoms with Gasteiger partial charge in [-0.05, 0) is 6.07 Å². The molecular weight excluding hydrogens is 296 g/mol. The van der Waals surface area contributed by atoms with Crippen LogP contribution in [0.5, 0.6) is 0 Å². The molecule has 0 radical (unpaired) electrons. The number of carbonyl (C=O) groups excluding carboxylic acids is 2. The Bertz CT molecular complexity index is 594. The second-order valence-electron chi connectivity index (χ2n) is 5.40. The summed E-state index contributed by atoms with van der Waals surface area (Å²) in [6.45, 7) is 1.51. The van der Waals surface area contributed by atoms with E-state index in [1.165, 1.54) is 19.5 Å². The molecule has 2 saturated heterocycles. The van der Waals surface area contributed by atoms with Gasteiger partial charge in [0.1, 0.15) is 5.41 Å². The predicted molar refractivity (Wildman–Crippen MR) is 73.9 cm³/mol. The van der Waals surface area contributed by atoms with E-state index in [-0.39, 0.29) is 24.4 Å². The molecule has 6 nitrogen and oxygen atoms in total. The minimum atomic E-state index is -0.746. The van der Waals surface area contributed by atoms with Gasteiger partial charge in [-0.2, -0.15) is 0 Å². The van der Waals surface area contributed by atoms with E-state index in [1.54, 1.807) is 11.0 Å². The third-order valence-electron chi connectivity index (χ3n) is 4.26. The van der Waals surface area contributed by atoms with Crippen molar-refractivity contribution in [3.63, 3.8) is 0 Å². The van der Waals surface area contributed by atoms with Gasteiger partial charge in [0, 0.05) is 31.4 Å². The lowest BCUT2D eigenvalue weighted by Gasteiger charge is -2.24. The van der Waals surface area contributed by atoms with Gasteiger partial charge in [0.2, 0.25) is 0 Å². The molecule has 0 N–H and O–H groups in total. The van der Waals surface area contributed by atoms with Crippen molar-refractivity contribution >= 4 is 23.5 Å². The number of methoxy groups -OCH3 is 1. The van der Waals surface area contributed by atoms with E-state index in [2.05, 4.69) is 4.98 Å². The number of pyridine rings is 1. The lowest BCUT2D eigenvalue weighted by Crippen LogP contribution is -2.41. The summed E-state index contributed by atoms with van der Waals surface area (Å²) < 4.78 is 10.3. The number of nitrogens with zero attached hydrogens (tertiary/aromatic N) is 2. The number of likely N-dealkylation sites (tertiary alicyclic amines) is 1. The van der Waals surface area contributed by atoms with Crippen LogP contribution in [0.3, 0.4) is 0 Å². The topological polar surface area (TPSA) is 68.7 Å². The van der Waals surface area contributed by atoms with E-state index in [1.807, 2.05) is 0 Å². The van der Waals surface area contributed by atoms with Crippen LogP contribution in [0.2, 0.25) is 5.02 Å². The average Bonchev–Trinajstić information content (AvgIpc) is 3.04. The number of aromatic nitrogens is 1. The van der Waals surface area contributed by atoms with Gasteiger partial charge in [0.15, 0.2) is 0 Å². The summed E-state index contributed by atoms with van der Waals surface area (Å²) >= 11 is 6.02. The number of ether oxygens (including phenoxy) is 2. The maximum absolute atomic E-state index is 12.6. The number of esters is 1. The zero-order chi connectivity index (χ0) is 15.0.